The summed E-state index contributed by atoms with van der Waals surface area (Å²) in [5.41, 5.74) is 9.09. The number of halogens is 1. The van der Waals surface area contributed by atoms with E-state index < -0.39 is 5.69 Å². The number of aryl methyl sites for hydroxylation is 1. The summed E-state index contributed by atoms with van der Waals surface area (Å²) in [6.07, 6.45) is 8.12. The second kappa shape index (κ2) is 10.9. The predicted octanol–water partition coefficient (Wildman–Crippen LogP) is 1.42. The molecule has 0 spiro atoms. The van der Waals surface area contributed by atoms with Crippen LogP contribution in [0.25, 0.3) is 5.69 Å². The Balaban J connectivity index is 0.00000274. The molecule has 0 radical (unpaired) electrons. The fourth-order valence-electron chi connectivity index (χ4n) is 5.26. The Labute approximate surface area is 205 Å². The number of carbonyl (C=O) groups is 1. The van der Waals surface area contributed by atoms with Gasteiger partial charge in [-0.15, -0.1) is 12.4 Å². The van der Waals surface area contributed by atoms with Crippen LogP contribution in [0.2, 0.25) is 0 Å². The first kappa shape index (κ1) is 24.7. The maximum absolute atomic E-state index is 12.7. The number of anilines is 1. The van der Waals surface area contributed by atoms with Crippen LogP contribution in [-0.2, 0) is 12.8 Å². The van der Waals surface area contributed by atoms with E-state index in [4.69, 9.17) is 5.73 Å². The predicted molar refractivity (Wildman–Crippen MR) is 135 cm³/mol. The molecule has 0 bridgehead atoms. The lowest BCUT2D eigenvalue weighted by molar-refractivity contribution is 0.204. The quantitative estimate of drug-likeness (QED) is 0.518. The summed E-state index contributed by atoms with van der Waals surface area (Å²) in [5.74, 6) is 0.276. The number of nitrogens with one attached hydrogen (secondary N) is 3. The average Bonchev–Trinajstić information content (AvgIpc) is 3.24. The third-order valence-corrected chi connectivity index (χ3v) is 7.08. The van der Waals surface area contributed by atoms with Gasteiger partial charge in [-0.1, -0.05) is 6.07 Å². The van der Waals surface area contributed by atoms with Gasteiger partial charge in [0.05, 0.1) is 5.69 Å². The highest BCUT2D eigenvalue weighted by molar-refractivity contribution is 5.88. The molecule has 9 nitrogen and oxygen atoms in total. The van der Waals surface area contributed by atoms with Gasteiger partial charge in [-0.05, 0) is 67.9 Å². The van der Waals surface area contributed by atoms with Crippen LogP contribution in [0.15, 0.2) is 35.3 Å². The van der Waals surface area contributed by atoms with Crippen molar-refractivity contribution in [3.63, 3.8) is 0 Å². The first-order valence-electron chi connectivity index (χ1n) is 12.1. The molecule has 184 valence electrons. The maximum Gasteiger partial charge on any atom is 0.354 e. The van der Waals surface area contributed by atoms with Gasteiger partial charge in [0, 0.05) is 50.5 Å². The van der Waals surface area contributed by atoms with Gasteiger partial charge in [0.25, 0.3) is 0 Å². The standard InChI is InChI=1S/C24H33N7O2.ClH/c25-18-3-5-20(15-18)27-19-4-1-17-14-21(6-2-16(17)13-19)31-10-7-22(29-24(31)33)28-23(32)30-11-8-26-9-12-30;/h2,6-7,10,14,18-20,26-27H,1,3-5,8-9,11-13,15,25H2,(H,28,29,32,33);1H/t18-,19?,20+;/m1./s1. The number of amides is 2. The molecular weight excluding hydrogens is 454 g/mol. The number of nitrogens with two attached hydrogens (primary N) is 1. The molecule has 1 aromatic heterocycles. The lowest BCUT2D eigenvalue weighted by Crippen LogP contribution is -2.48. The van der Waals surface area contributed by atoms with Gasteiger partial charge in [-0.2, -0.15) is 4.98 Å². The third-order valence-electron chi connectivity index (χ3n) is 7.08. The molecule has 5 rings (SSSR count). The monoisotopic (exact) mass is 487 g/mol. The minimum Gasteiger partial charge on any atom is -0.328 e. The highest BCUT2D eigenvalue weighted by atomic mass is 35.5. The van der Waals surface area contributed by atoms with Crippen molar-refractivity contribution >= 4 is 24.3 Å². The van der Waals surface area contributed by atoms with E-state index in [-0.39, 0.29) is 24.3 Å². The Hall–Kier alpha value is -2.46. The van der Waals surface area contributed by atoms with Gasteiger partial charge in [0.2, 0.25) is 0 Å². The van der Waals surface area contributed by atoms with Crippen molar-refractivity contribution < 1.29 is 4.79 Å². The number of hydrogen-bond acceptors (Lipinski definition) is 6. The highest BCUT2D eigenvalue weighted by Crippen LogP contribution is 2.26. The molecule has 3 aliphatic rings. The average molecular weight is 488 g/mol. The summed E-state index contributed by atoms with van der Waals surface area (Å²) < 4.78 is 1.53. The Morgan fingerprint density at radius 3 is 2.65 bits per heavy atom. The Bertz CT molecular complexity index is 1070. The molecule has 2 aliphatic carbocycles. The highest BCUT2D eigenvalue weighted by Gasteiger charge is 2.26. The molecule has 1 saturated heterocycles. The molecule has 2 fully saturated rings. The van der Waals surface area contributed by atoms with Crippen LogP contribution in [0.1, 0.15) is 36.8 Å². The molecule has 2 amide bonds. The van der Waals surface area contributed by atoms with E-state index in [2.05, 4.69) is 33.1 Å². The van der Waals surface area contributed by atoms with E-state index in [1.54, 1.807) is 17.2 Å². The van der Waals surface area contributed by atoms with Gasteiger partial charge in [-0.3, -0.25) is 9.88 Å². The van der Waals surface area contributed by atoms with Crippen molar-refractivity contribution in [3.8, 4) is 5.69 Å². The zero-order chi connectivity index (χ0) is 22.8. The number of piperazine rings is 1. The van der Waals surface area contributed by atoms with Gasteiger partial charge >= 0.3 is 11.7 Å². The largest absolute Gasteiger partial charge is 0.354 e. The number of carbonyl (C=O) groups excluding carboxylic acids is 1. The first-order valence-corrected chi connectivity index (χ1v) is 12.1. The zero-order valence-corrected chi connectivity index (χ0v) is 20.2. The summed E-state index contributed by atoms with van der Waals surface area (Å²) in [6, 6.07) is 9.03. The van der Waals surface area contributed by atoms with Crippen LogP contribution in [0, 0.1) is 0 Å². The molecule has 1 unspecified atom stereocenters. The van der Waals surface area contributed by atoms with Crippen LogP contribution in [0.3, 0.4) is 0 Å². The number of aromatic nitrogens is 2. The number of urea groups is 1. The third kappa shape index (κ3) is 5.60. The maximum atomic E-state index is 12.7. The molecule has 3 atom stereocenters. The molecular formula is C24H34ClN7O2. The fraction of sp³-hybridized carbons (Fsp3) is 0.542. The number of rotatable bonds is 4. The Kier molecular flexibility index (Phi) is 7.88. The molecule has 2 aromatic rings. The van der Waals surface area contributed by atoms with E-state index in [0.29, 0.717) is 31.2 Å². The summed E-state index contributed by atoms with van der Waals surface area (Å²) in [4.78, 5) is 30.9. The lowest BCUT2D eigenvalue weighted by atomic mass is 9.87. The van der Waals surface area contributed by atoms with Gasteiger partial charge < -0.3 is 21.3 Å². The number of nitrogens with zero attached hydrogens (tertiary/aromatic N) is 3. The topological polar surface area (TPSA) is 117 Å². The second-order valence-corrected chi connectivity index (χ2v) is 9.46. The molecule has 10 heteroatoms. The summed E-state index contributed by atoms with van der Waals surface area (Å²) in [6.45, 7) is 2.82. The van der Waals surface area contributed by atoms with E-state index in [1.165, 1.54) is 22.1 Å². The molecule has 1 saturated carbocycles. The Morgan fingerprint density at radius 1 is 1.09 bits per heavy atom. The van der Waals surface area contributed by atoms with Crippen molar-refractivity contribution in [1.82, 2.24) is 25.1 Å². The molecule has 5 N–H and O–H groups in total. The van der Waals surface area contributed by atoms with Gasteiger partial charge in [0.1, 0.15) is 5.82 Å². The minimum absolute atomic E-state index is 0. The van der Waals surface area contributed by atoms with Gasteiger partial charge in [-0.25, -0.2) is 9.59 Å². The van der Waals surface area contributed by atoms with Crippen molar-refractivity contribution in [3.05, 3.63) is 52.1 Å². The molecule has 1 aromatic carbocycles. The van der Waals surface area contributed by atoms with Crippen molar-refractivity contribution in [1.29, 1.82) is 0 Å². The summed E-state index contributed by atoms with van der Waals surface area (Å²) >= 11 is 0. The summed E-state index contributed by atoms with van der Waals surface area (Å²) in [7, 11) is 0. The van der Waals surface area contributed by atoms with Crippen LogP contribution >= 0.6 is 12.4 Å². The van der Waals surface area contributed by atoms with Crippen LogP contribution < -0.4 is 27.4 Å². The minimum atomic E-state index is -0.402. The van der Waals surface area contributed by atoms with Crippen molar-refractivity contribution in [2.45, 2.75) is 56.7 Å². The number of hydrogen-bond donors (Lipinski definition) is 4. The van der Waals surface area contributed by atoms with Crippen LogP contribution in [0.5, 0.6) is 0 Å². The Morgan fingerprint density at radius 2 is 1.91 bits per heavy atom. The molecule has 2 heterocycles. The van der Waals surface area contributed by atoms with Crippen LogP contribution in [-0.4, -0.2) is 64.8 Å². The zero-order valence-electron chi connectivity index (χ0n) is 19.3. The van der Waals surface area contributed by atoms with Gasteiger partial charge in [0.15, 0.2) is 0 Å². The lowest BCUT2D eigenvalue weighted by Gasteiger charge is -2.29. The van der Waals surface area contributed by atoms with Crippen LogP contribution in [0.4, 0.5) is 10.6 Å². The van der Waals surface area contributed by atoms with E-state index in [9.17, 15) is 9.59 Å². The molecule has 34 heavy (non-hydrogen) atoms. The molecule has 1 aliphatic heterocycles. The van der Waals surface area contributed by atoms with Crippen molar-refractivity contribution in [2.75, 3.05) is 31.5 Å². The van der Waals surface area contributed by atoms with E-state index >= 15 is 0 Å². The summed E-state index contributed by atoms with van der Waals surface area (Å²) in [5, 5.41) is 9.75. The smallest absolute Gasteiger partial charge is 0.328 e. The number of benzene rings is 1. The SMILES string of the molecule is Cl.N[C@@H]1CC[C@H](NC2CCc3cc(-n4ccc(NC(=O)N5CCNCC5)nc4=O)ccc3C2)C1. The van der Waals surface area contributed by atoms with E-state index in [1.807, 2.05) is 6.07 Å². The number of fused-ring (bicyclic) bond motifs is 1. The fourth-order valence-corrected chi connectivity index (χ4v) is 5.26. The normalized spacial score (nSPS) is 24.3. The second-order valence-electron chi connectivity index (χ2n) is 9.46. The van der Waals surface area contributed by atoms with E-state index in [0.717, 1.165) is 50.9 Å². The van der Waals surface area contributed by atoms with Crippen molar-refractivity contribution in [2.24, 2.45) is 5.73 Å². The first-order chi connectivity index (χ1) is 16.0.